The molecular formula is C17H27N3O3S. The highest BCUT2D eigenvalue weighted by molar-refractivity contribution is 7.98. The van der Waals surface area contributed by atoms with Gasteiger partial charge >= 0.3 is 6.09 Å². The molecule has 0 saturated carbocycles. The summed E-state index contributed by atoms with van der Waals surface area (Å²) in [6.45, 7) is 8.29. The molecule has 2 rings (SSSR count). The second kappa shape index (κ2) is 8.67. The van der Waals surface area contributed by atoms with Crippen LogP contribution in [0.5, 0.6) is 0 Å². The van der Waals surface area contributed by atoms with Gasteiger partial charge in [0.05, 0.1) is 18.9 Å². The average Bonchev–Trinajstić information content (AvgIpc) is 2.54. The van der Waals surface area contributed by atoms with Crippen LogP contribution in [0.4, 0.5) is 4.79 Å². The molecular weight excluding hydrogens is 326 g/mol. The van der Waals surface area contributed by atoms with Crippen molar-refractivity contribution in [2.24, 2.45) is 5.92 Å². The maximum absolute atomic E-state index is 12.0. The number of nitrogens with zero attached hydrogens (tertiary/aromatic N) is 3. The fourth-order valence-corrected chi connectivity index (χ4v) is 3.07. The van der Waals surface area contributed by atoms with E-state index in [4.69, 9.17) is 9.47 Å². The zero-order valence-corrected chi connectivity index (χ0v) is 15.8. The van der Waals surface area contributed by atoms with E-state index < -0.39 is 5.60 Å². The van der Waals surface area contributed by atoms with Gasteiger partial charge in [-0.05, 0) is 45.8 Å². The molecule has 7 heteroatoms. The molecule has 6 nitrogen and oxygen atoms in total. The molecule has 0 aliphatic carbocycles. The highest BCUT2D eigenvalue weighted by atomic mass is 32.2. The van der Waals surface area contributed by atoms with Crippen molar-refractivity contribution < 1.29 is 14.3 Å². The Morgan fingerprint density at radius 3 is 2.58 bits per heavy atom. The fourth-order valence-electron chi connectivity index (χ4n) is 2.55. The first kappa shape index (κ1) is 19.0. The normalized spacial score (nSPS) is 16.2. The number of ether oxygens (including phenoxy) is 2. The Balaban J connectivity index is 1.71. The summed E-state index contributed by atoms with van der Waals surface area (Å²) in [5.41, 5.74) is 0.444. The van der Waals surface area contributed by atoms with Crippen LogP contribution in [-0.4, -0.2) is 52.5 Å². The predicted octanol–water partition coefficient (Wildman–Crippen LogP) is 3.36. The number of hydrogen-bond acceptors (Lipinski definition) is 6. The molecule has 134 valence electrons. The summed E-state index contributed by atoms with van der Waals surface area (Å²) >= 11 is 1.58. The number of amides is 1. The van der Waals surface area contributed by atoms with Crippen LogP contribution >= 0.6 is 11.8 Å². The summed E-state index contributed by atoms with van der Waals surface area (Å²) in [4.78, 5) is 22.4. The van der Waals surface area contributed by atoms with Gasteiger partial charge in [-0.2, -0.15) is 0 Å². The van der Waals surface area contributed by atoms with E-state index in [9.17, 15) is 4.79 Å². The lowest BCUT2D eigenvalue weighted by Gasteiger charge is -2.33. The first-order chi connectivity index (χ1) is 11.4. The zero-order valence-electron chi connectivity index (χ0n) is 14.9. The Morgan fingerprint density at radius 2 is 1.96 bits per heavy atom. The van der Waals surface area contributed by atoms with Crippen LogP contribution in [0.1, 0.15) is 39.3 Å². The van der Waals surface area contributed by atoms with Crippen molar-refractivity contribution in [1.29, 1.82) is 0 Å². The second-order valence-corrected chi connectivity index (χ2v) is 7.73. The summed E-state index contributed by atoms with van der Waals surface area (Å²) in [5, 5.41) is 0.914. The van der Waals surface area contributed by atoms with Gasteiger partial charge < -0.3 is 14.4 Å². The average molecular weight is 353 g/mol. The van der Waals surface area contributed by atoms with Gasteiger partial charge in [-0.15, -0.1) is 11.8 Å². The number of piperidine rings is 1. The van der Waals surface area contributed by atoms with E-state index in [1.807, 2.05) is 27.0 Å². The number of aromatic nitrogens is 2. The van der Waals surface area contributed by atoms with Crippen molar-refractivity contribution in [2.75, 3.05) is 26.0 Å². The Bertz CT molecular complexity index is 540. The number of carbonyl (C=O) groups excluding carboxylic acids is 1. The van der Waals surface area contributed by atoms with Crippen molar-refractivity contribution in [3.05, 3.63) is 18.1 Å². The molecule has 1 aromatic heterocycles. The Morgan fingerprint density at radius 1 is 1.29 bits per heavy atom. The van der Waals surface area contributed by atoms with Gasteiger partial charge in [-0.3, -0.25) is 4.98 Å². The van der Waals surface area contributed by atoms with Crippen molar-refractivity contribution in [1.82, 2.24) is 14.9 Å². The van der Waals surface area contributed by atoms with Gasteiger partial charge in [0.2, 0.25) is 0 Å². The topological polar surface area (TPSA) is 64.6 Å². The lowest BCUT2D eigenvalue weighted by Crippen LogP contribution is -2.42. The van der Waals surface area contributed by atoms with Crippen molar-refractivity contribution in [3.63, 3.8) is 0 Å². The lowest BCUT2D eigenvalue weighted by molar-refractivity contribution is 0.0101. The molecule has 0 radical (unpaired) electrons. The second-order valence-electron chi connectivity index (χ2n) is 6.94. The van der Waals surface area contributed by atoms with Crippen LogP contribution in [0, 0.1) is 5.92 Å². The minimum absolute atomic E-state index is 0.217. The lowest BCUT2D eigenvalue weighted by atomic mass is 9.98. The SMILES string of the molecule is CSc1nccnc1COCC1CCN(C(=O)OC(C)(C)C)CC1. The van der Waals surface area contributed by atoms with E-state index in [0.29, 0.717) is 19.1 Å². The number of rotatable bonds is 5. The van der Waals surface area contributed by atoms with E-state index >= 15 is 0 Å². The molecule has 1 aliphatic rings. The van der Waals surface area contributed by atoms with E-state index in [2.05, 4.69) is 9.97 Å². The first-order valence-corrected chi connectivity index (χ1v) is 9.51. The van der Waals surface area contributed by atoms with Crippen molar-refractivity contribution >= 4 is 17.9 Å². The number of carbonyl (C=O) groups is 1. The Hall–Kier alpha value is -1.34. The molecule has 0 bridgehead atoms. The maximum Gasteiger partial charge on any atom is 0.410 e. The van der Waals surface area contributed by atoms with E-state index in [1.165, 1.54) is 0 Å². The maximum atomic E-state index is 12.0. The van der Waals surface area contributed by atoms with E-state index in [1.54, 1.807) is 29.1 Å². The van der Waals surface area contributed by atoms with Gasteiger partial charge in [0, 0.05) is 25.5 Å². The van der Waals surface area contributed by atoms with Gasteiger partial charge in [0.1, 0.15) is 10.6 Å². The van der Waals surface area contributed by atoms with E-state index in [0.717, 1.165) is 36.7 Å². The predicted molar refractivity (Wildman–Crippen MR) is 94.0 cm³/mol. The van der Waals surface area contributed by atoms with E-state index in [-0.39, 0.29) is 6.09 Å². The van der Waals surface area contributed by atoms with Crippen LogP contribution in [0.2, 0.25) is 0 Å². The third-order valence-corrected chi connectivity index (χ3v) is 4.52. The minimum atomic E-state index is -0.442. The fraction of sp³-hybridized carbons (Fsp3) is 0.706. The molecule has 1 saturated heterocycles. The van der Waals surface area contributed by atoms with Gasteiger partial charge in [0.15, 0.2) is 0 Å². The Labute approximate surface area is 148 Å². The number of likely N-dealkylation sites (tertiary alicyclic amines) is 1. The molecule has 0 atom stereocenters. The molecule has 2 heterocycles. The smallest absolute Gasteiger partial charge is 0.410 e. The molecule has 0 spiro atoms. The third kappa shape index (κ3) is 5.94. The minimum Gasteiger partial charge on any atom is -0.444 e. The number of hydrogen-bond donors (Lipinski definition) is 0. The highest BCUT2D eigenvalue weighted by Crippen LogP contribution is 2.21. The van der Waals surface area contributed by atoms with Crippen molar-refractivity contribution in [2.45, 2.75) is 50.8 Å². The van der Waals surface area contributed by atoms with Crippen LogP contribution < -0.4 is 0 Å². The summed E-state index contributed by atoms with van der Waals surface area (Å²) in [7, 11) is 0. The summed E-state index contributed by atoms with van der Waals surface area (Å²) < 4.78 is 11.2. The largest absolute Gasteiger partial charge is 0.444 e. The molecule has 1 fully saturated rings. The highest BCUT2D eigenvalue weighted by Gasteiger charge is 2.26. The molecule has 1 amide bonds. The Kier molecular flexibility index (Phi) is 6.86. The van der Waals surface area contributed by atoms with Crippen LogP contribution in [-0.2, 0) is 16.1 Å². The number of thioether (sulfide) groups is 1. The van der Waals surface area contributed by atoms with Crippen molar-refractivity contribution in [3.8, 4) is 0 Å². The molecule has 0 aromatic carbocycles. The molecule has 1 aliphatic heterocycles. The van der Waals surface area contributed by atoms with Crippen LogP contribution in [0.25, 0.3) is 0 Å². The quantitative estimate of drug-likeness (QED) is 0.756. The molecule has 0 N–H and O–H groups in total. The van der Waals surface area contributed by atoms with Gasteiger partial charge in [0.25, 0.3) is 0 Å². The van der Waals surface area contributed by atoms with Crippen LogP contribution in [0.15, 0.2) is 17.4 Å². The van der Waals surface area contributed by atoms with Crippen LogP contribution in [0.3, 0.4) is 0 Å². The zero-order chi connectivity index (χ0) is 17.6. The summed E-state index contributed by atoms with van der Waals surface area (Å²) in [6, 6.07) is 0. The first-order valence-electron chi connectivity index (χ1n) is 8.28. The molecule has 0 unspecified atom stereocenters. The third-order valence-electron chi connectivity index (χ3n) is 3.79. The standard InChI is InChI=1S/C17H27N3O3S/c1-17(2,3)23-16(21)20-9-5-13(6-10-20)11-22-12-14-15(24-4)19-8-7-18-14/h7-8,13H,5-6,9-12H2,1-4H3. The monoisotopic (exact) mass is 353 g/mol. The summed E-state index contributed by atoms with van der Waals surface area (Å²) in [6.07, 6.45) is 7.04. The van der Waals surface area contributed by atoms with Gasteiger partial charge in [-0.1, -0.05) is 0 Å². The molecule has 24 heavy (non-hydrogen) atoms. The van der Waals surface area contributed by atoms with Gasteiger partial charge in [-0.25, -0.2) is 9.78 Å². The molecule has 1 aromatic rings. The summed E-state index contributed by atoms with van der Waals surface area (Å²) in [5.74, 6) is 0.470.